The van der Waals surface area contributed by atoms with Gasteiger partial charge in [0.15, 0.2) is 0 Å². The van der Waals surface area contributed by atoms with Gasteiger partial charge in [-0.3, -0.25) is 4.90 Å². The second-order valence-electron chi connectivity index (χ2n) is 5.06. The molecule has 0 aliphatic rings. The average molecular weight is 257 g/mol. The topological polar surface area (TPSA) is 18.5 Å². The van der Waals surface area contributed by atoms with Crippen LogP contribution in [0.25, 0.3) is 0 Å². The lowest BCUT2D eigenvalue weighted by Crippen LogP contribution is -2.41. The lowest BCUT2D eigenvalue weighted by Gasteiger charge is -2.29. The quantitative estimate of drug-likeness (QED) is 0.542. The Labute approximate surface area is 115 Å². The van der Waals surface area contributed by atoms with Crippen LogP contribution in [0.4, 0.5) is 0 Å². The Balaban J connectivity index is 3.80. The molecule has 0 aromatic rings. The summed E-state index contributed by atoms with van der Waals surface area (Å²) in [5.41, 5.74) is 0. The van der Waals surface area contributed by atoms with Crippen molar-refractivity contribution in [2.75, 3.05) is 45.8 Å². The second kappa shape index (κ2) is 11.9. The van der Waals surface area contributed by atoms with Crippen LogP contribution >= 0.6 is 0 Å². The molecule has 1 N–H and O–H groups in total. The van der Waals surface area contributed by atoms with Crippen molar-refractivity contribution in [3.8, 4) is 0 Å². The lowest BCUT2D eigenvalue weighted by atomic mass is 10.2. The molecule has 0 amide bonds. The molecule has 0 spiro atoms. The van der Waals surface area contributed by atoms with Crippen molar-refractivity contribution < 1.29 is 0 Å². The Morgan fingerprint density at radius 3 is 2.11 bits per heavy atom. The molecule has 0 bridgehead atoms. The predicted octanol–water partition coefficient (Wildman–Crippen LogP) is 2.43. The molecule has 110 valence electrons. The molecule has 1 atom stereocenters. The first-order chi connectivity index (χ1) is 8.69. The van der Waals surface area contributed by atoms with E-state index in [4.69, 9.17) is 0 Å². The highest BCUT2D eigenvalue weighted by Crippen LogP contribution is 2.01. The largest absolute Gasteiger partial charge is 0.315 e. The number of hydrogen-bond donors (Lipinski definition) is 1. The summed E-state index contributed by atoms with van der Waals surface area (Å²) in [6.07, 6.45) is 2.51. The number of hydrogen-bond acceptors (Lipinski definition) is 3. The maximum atomic E-state index is 3.52. The first-order valence-corrected chi connectivity index (χ1v) is 7.86. The molecule has 0 aromatic heterocycles. The van der Waals surface area contributed by atoms with Gasteiger partial charge in [0.05, 0.1) is 0 Å². The normalized spacial score (nSPS) is 13.5. The van der Waals surface area contributed by atoms with Gasteiger partial charge in [-0.25, -0.2) is 0 Å². The second-order valence-corrected chi connectivity index (χ2v) is 5.06. The smallest absolute Gasteiger partial charge is 0.0192 e. The molecule has 0 aromatic carbocycles. The Bertz CT molecular complexity index is 169. The minimum absolute atomic E-state index is 0.651. The number of nitrogens with zero attached hydrogens (tertiary/aromatic N) is 2. The van der Waals surface area contributed by atoms with Crippen molar-refractivity contribution in [2.24, 2.45) is 0 Å². The molecule has 1 unspecified atom stereocenters. The van der Waals surface area contributed by atoms with Crippen molar-refractivity contribution in [3.63, 3.8) is 0 Å². The van der Waals surface area contributed by atoms with Gasteiger partial charge in [-0.2, -0.15) is 0 Å². The van der Waals surface area contributed by atoms with E-state index in [0.717, 1.165) is 19.6 Å². The summed E-state index contributed by atoms with van der Waals surface area (Å²) >= 11 is 0. The fraction of sp³-hybridized carbons (Fsp3) is 1.00. The minimum Gasteiger partial charge on any atom is -0.315 e. The molecule has 0 fully saturated rings. The Morgan fingerprint density at radius 2 is 1.61 bits per heavy atom. The molecule has 0 radical (unpaired) electrons. The van der Waals surface area contributed by atoms with E-state index in [1.165, 1.54) is 39.0 Å². The van der Waals surface area contributed by atoms with Crippen LogP contribution in [-0.2, 0) is 0 Å². The molecule has 0 saturated carbocycles. The molecular weight excluding hydrogens is 222 g/mol. The highest BCUT2D eigenvalue weighted by Gasteiger charge is 2.11. The first kappa shape index (κ1) is 17.9. The van der Waals surface area contributed by atoms with Crippen LogP contribution in [0.15, 0.2) is 0 Å². The van der Waals surface area contributed by atoms with E-state index in [1.807, 2.05) is 0 Å². The Hall–Kier alpha value is -0.120. The zero-order chi connectivity index (χ0) is 13.8. The molecule has 0 aliphatic carbocycles. The van der Waals surface area contributed by atoms with E-state index >= 15 is 0 Å². The van der Waals surface area contributed by atoms with Crippen molar-refractivity contribution in [3.05, 3.63) is 0 Å². The van der Waals surface area contributed by atoms with Crippen LogP contribution in [0.1, 0.15) is 47.5 Å². The fourth-order valence-corrected chi connectivity index (χ4v) is 2.34. The van der Waals surface area contributed by atoms with Gasteiger partial charge in [-0.05, 0) is 59.0 Å². The van der Waals surface area contributed by atoms with Crippen LogP contribution < -0.4 is 5.32 Å². The van der Waals surface area contributed by atoms with Gasteiger partial charge < -0.3 is 10.2 Å². The number of rotatable bonds is 12. The third-order valence-corrected chi connectivity index (χ3v) is 3.71. The van der Waals surface area contributed by atoms with Gasteiger partial charge in [0.2, 0.25) is 0 Å². The molecule has 0 rings (SSSR count). The molecule has 0 saturated heterocycles. The van der Waals surface area contributed by atoms with Gasteiger partial charge in [-0.15, -0.1) is 0 Å². The van der Waals surface area contributed by atoms with E-state index < -0.39 is 0 Å². The van der Waals surface area contributed by atoms with Gasteiger partial charge in [0.1, 0.15) is 0 Å². The zero-order valence-electron chi connectivity index (χ0n) is 13.3. The van der Waals surface area contributed by atoms with Gasteiger partial charge in [-0.1, -0.05) is 27.7 Å². The maximum Gasteiger partial charge on any atom is 0.0192 e. The molecular formula is C15H35N3. The minimum atomic E-state index is 0.651. The van der Waals surface area contributed by atoms with Crippen molar-refractivity contribution >= 4 is 0 Å². The SMILES string of the molecule is CCCNCC(C)N(CC)CCCN(CC)CC. The van der Waals surface area contributed by atoms with Crippen LogP contribution in [-0.4, -0.2) is 61.7 Å². The van der Waals surface area contributed by atoms with Crippen molar-refractivity contribution in [1.82, 2.24) is 15.1 Å². The Morgan fingerprint density at radius 1 is 0.944 bits per heavy atom. The summed E-state index contributed by atoms with van der Waals surface area (Å²) in [5.74, 6) is 0. The monoisotopic (exact) mass is 257 g/mol. The third kappa shape index (κ3) is 8.06. The molecule has 0 aliphatic heterocycles. The molecule has 3 nitrogen and oxygen atoms in total. The average Bonchev–Trinajstić information content (AvgIpc) is 2.39. The van der Waals surface area contributed by atoms with Crippen molar-refractivity contribution in [2.45, 2.75) is 53.5 Å². The molecule has 18 heavy (non-hydrogen) atoms. The van der Waals surface area contributed by atoms with E-state index in [1.54, 1.807) is 0 Å². The first-order valence-electron chi connectivity index (χ1n) is 7.86. The van der Waals surface area contributed by atoms with Crippen LogP contribution in [0.2, 0.25) is 0 Å². The van der Waals surface area contributed by atoms with Crippen LogP contribution in [0.5, 0.6) is 0 Å². The van der Waals surface area contributed by atoms with E-state index in [9.17, 15) is 0 Å². The van der Waals surface area contributed by atoms with Gasteiger partial charge in [0.25, 0.3) is 0 Å². The summed E-state index contributed by atoms with van der Waals surface area (Å²) in [6.45, 7) is 19.6. The summed E-state index contributed by atoms with van der Waals surface area (Å²) in [6, 6.07) is 0.651. The number of likely N-dealkylation sites (N-methyl/N-ethyl adjacent to an activating group) is 1. The summed E-state index contributed by atoms with van der Waals surface area (Å²) in [7, 11) is 0. The molecule has 0 heterocycles. The van der Waals surface area contributed by atoms with E-state index in [-0.39, 0.29) is 0 Å². The zero-order valence-corrected chi connectivity index (χ0v) is 13.3. The standard InChI is InChI=1S/C15H35N3/c1-6-11-16-14-15(5)18(9-4)13-10-12-17(7-2)8-3/h15-16H,6-14H2,1-5H3. The van der Waals surface area contributed by atoms with Gasteiger partial charge in [0, 0.05) is 12.6 Å². The maximum absolute atomic E-state index is 3.52. The highest BCUT2D eigenvalue weighted by atomic mass is 15.2. The highest BCUT2D eigenvalue weighted by molar-refractivity contribution is 4.69. The third-order valence-electron chi connectivity index (χ3n) is 3.71. The molecule has 3 heteroatoms. The lowest BCUT2D eigenvalue weighted by molar-refractivity contribution is 0.196. The fourth-order valence-electron chi connectivity index (χ4n) is 2.34. The van der Waals surface area contributed by atoms with E-state index in [2.05, 4.69) is 49.7 Å². The van der Waals surface area contributed by atoms with Crippen LogP contribution in [0.3, 0.4) is 0 Å². The summed E-state index contributed by atoms with van der Waals surface area (Å²) in [4.78, 5) is 5.10. The summed E-state index contributed by atoms with van der Waals surface area (Å²) in [5, 5.41) is 3.52. The van der Waals surface area contributed by atoms with Crippen molar-refractivity contribution in [1.29, 1.82) is 0 Å². The number of nitrogens with one attached hydrogen (secondary N) is 1. The summed E-state index contributed by atoms with van der Waals surface area (Å²) < 4.78 is 0. The van der Waals surface area contributed by atoms with Gasteiger partial charge >= 0.3 is 0 Å². The van der Waals surface area contributed by atoms with E-state index in [0.29, 0.717) is 6.04 Å². The predicted molar refractivity (Wildman–Crippen MR) is 82.3 cm³/mol. The van der Waals surface area contributed by atoms with Crippen LogP contribution in [0, 0.1) is 0 Å². The Kier molecular flexibility index (Phi) is 11.9.